The smallest absolute Gasteiger partial charge is 0.246 e. The number of hydrogen-bond donors (Lipinski definition) is 2. The van der Waals surface area contributed by atoms with Crippen molar-refractivity contribution in [3.63, 3.8) is 0 Å². The van der Waals surface area contributed by atoms with Gasteiger partial charge in [-0.25, -0.2) is 12.7 Å². The van der Waals surface area contributed by atoms with Crippen molar-refractivity contribution < 1.29 is 18.0 Å². The van der Waals surface area contributed by atoms with Crippen LogP contribution >= 0.6 is 0 Å². The Kier molecular flexibility index (Phi) is 5.67. The minimum absolute atomic E-state index is 0.173. The predicted octanol–water partition coefficient (Wildman–Crippen LogP) is 0.366. The number of nitrogens with one attached hydrogen (secondary N) is 2. The van der Waals surface area contributed by atoms with Gasteiger partial charge in [-0.15, -0.1) is 0 Å². The quantitative estimate of drug-likeness (QED) is 0.769. The summed E-state index contributed by atoms with van der Waals surface area (Å²) in [5.74, 6) is -0.379. The minimum atomic E-state index is -3.24. The molecule has 1 aliphatic carbocycles. The van der Waals surface area contributed by atoms with Crippen LogP contribution in [0.25, 0.3) is 0 Å². The average Bonchev–Trinajstić information content (AvgIpc) is 2.47. The number of hydrogen-bond acceptors (Lipinski definition) is 4. The predicted molar refractivity (Wildman–Crippen MR) is 87.2 cm³/mol. The second kappa shape index (κ2) is 7.17. The number of nitrogens with zero attached hydrogens (tertiary/aromatic N) is 1. The molecule has 0 radical (unpaired) electrons. The first-order chi connectivity index (χ1) is 10.7. The molecule has 0 aromatic rings. The zero-order valence-corrected chi connectivity index (χ0v) is 14.7. The summed E-state index contributed by atoms with van der Waals surface area (Å²) in [6.45, 7) is 2.23. The molecule has 0 aromatic heterocycles. The summed E-state index contributed by atoms with van der Waals surface area (Å²) >= 11 is 0. The van der Waals surface area contributed by atoms with Crippen molar-refractivity contribution in [3.8, 4) is 0 Å². The Hall–Kier alpha value is -1.15. The van der Waals surface area contributed by atoms with Gasteiger partial charge >= 0.3 is 0 Å². The number of rotatable bonds is 4. The molecule has 2 rings (SSSR count). The molecule has 132 valence electrons. The van der Waals surface area contributed by atoms with Gasteiger partial charge in [0.15, 0.2) is 0 Å². The van der Waals surface area contributed by atoms with E-state index < -0.39 is 15.6 Å². The van der Waals surface area contributed by atoms with Crippen LogP contribution < -0.4 is 10.6 Å². The molecule has 0 spiro atoms. The van der Waals surface area contributed by atoms with Gasteiger partial charge in [-0.05, 0) is 25.7 Å². The van der Waals surface area contributed by atoms with E-state index in [9.17, 15) is 18.0 Å². The van der Waals surface area contributed by atoms with E-state index in [0.717, 1.165) is 32.1 Å². The third kappa shape index (κ3) is 4.67. The first kappa shape index (κ1) is 18.2. The van der Waals surface area contributed by atoms with Gasteiger partial charge in [-0.1, -0.05) is 19.3 Å². The molecule has 2 aliphatic rings. The van der Waals surface area contributed by atoms with Crippen LogP contribution in [0.5, 0.6) is 0 Å². The van der Waals surface area contributed by atoms with E-state index >= 15 is 0 Å². The van der Waals surface area contributed by atoms with Crippen molar-refractivity contribution in [2.24, 2.45) is 0 Å². The zero-order chi connectivity index (χ0) is 17.1. The van der Waals surface area contributed by atoms with Gasteiger partial charge in [0, 0.05) is 26.1 Å². The van der Waals surface area contributed by atoms with Gasteiger partial charge in [-0.3, -0.25) is 9.59 Å². The Morgan fingerprint density at radius 2 is 1.78 bits per heavy atom. The number of sulfonamides is 1. The Morgan fingerprint density at radius 1 is 1.13 bits per heavy atom. The van der Waals surface area contributed by atoms with Crippen molar-refractivity contribution in [3.05, 3.63) is 0 Å². The highest BCUT2D eigenvalue weighted by Crippen LogP contribution is 2.29. The van der Waals surface area contributed by atoms with Gasteiger partial charge in [-0.2, -0.15) is 0 Å². The SMILES string of the molecule is CC(=O)NC1(C(=O)NC2CCCN(S(C)(=O)=O)C2)CCCCC1. The van der Waals surface area contributed by atoms with Crippen molar-refractivity contribution in [1.29, 1.82) is 0 Å². The molecule has 2 fully saturated rings. The standard InChI is InChI=1S/C15H27N3O4S/c1-12(19)17-15(8-4-3-5-9-15)14(20)16-13-7-6-10-18(11-13)23(2,21)22/h13H,3-11H2,1-2H3,(H,16,20)(H,17,19). The average molecular weight is 345 g/mol. The topological polar surface area (TPSA) is 95.6 Å². The highest BCUT2D eigenvalue weighted by Gasteiger charge is 2.41. The molecular weight excluding hydrogens is 318 g/mol. The van der Waals surface area contributed by atoms with Crippen LogP contribution in [0.1, 0.15) is 51.9 Å². The number of amides is 2. The maximum Gasteiger partial charge on any atom is 0.246 e. The van der Waals surface area contributed by atoms with Crippen LogP contribution in [0.15, 0.2) is 0 Å². The summed E-state index contributed by atoms with van der Waals surface area (Å²) in [5, 5.41) is 5.82. The number of piperidine rings is 1. The molecule has 1 saturated heterocycles. The van der Waals surface area contributed by atoms with Crippen LogP contribution in [-0.2, 0) is 19.6 Å². The van der Waals surface area contributed by atoms with Gasteiger partial charge in [0.2, 0.25) is 21.8 Å². The summed E-state index contributed by atoms with van der Waals surface area (Å²) < 4.78 is 24.8. The highest BCUT2D eigenvalue weighted by atomic mass is 32.2. The first-order valence-corrected chi connectivity index (χ1v) is 10.1. The molecule has 23 heavy (non-hydrogen) atoms. The monoisotopic (exact) mass is 345 g/mol. The van der Waals surface area contributed by atoms with Crippen LogP contribution in [0.3, 0.4) is 0 Å². The lowest BCUT2D eigenvalue weighted by Gasteiger charge is -2.39. The molecule has 0 bridgehead atoms. The third-order valence-electron chi connectivity index (χ3n) is 4.75. The van der Waals surface area contributed by atoms with Crippen LogP contribution in [0.2, 0.25) is 0 Å². The van der Waals surface area contributed by atoms with E-state index in [1.165, 1.54) is 17.5 Å². The number of carbonyl (C=O) groups excluding carboxylic acids is 2. The van der Waals surface area contributed by atoms with Crippen molar-refractivity contribution in [2.45, 2.75) is 63.5 Å². The fourth-order valence-corrected chi connectivity index (χ4v) is 4.50. The van der Waals surface area contributed by atoms with Crippen LogP contribution in [0, 0.1) is 0 Å². The fourth-order valence-electron chi connectivity index (χ4n) is 3.59. The first-order valence-electron chi connectivity index (χ1n) is 8.28. The maximum atomic E-state index is 12.8. The molecule has 1 atom stereocenters. The van der Waals surface area contributed by atoms with Crippen molar-refractivity contribution >= 4 is 21.8 Å². The molecule has 0 aromatic carbocycles. The lowest BCUT2D eigenvalue weighted by atomic mass is 9.80. The van der Waals surface area contributed by atoms with Crippen molar-refractivity contribution in [2.75, 3.05) is 19.3 Å². The van der Waals surface area contributed by atoms with Gasteiger partial charge in [0.05, 0.1) is 6.26 Å². The maximum absolute atomic E-state index is 12.8. The van der Waals surface area contributed by atoms with E-state index in [2.05, 4.69) is 10.6 Å². The lowest BCUT2D eigenvalue weighted by molar-refractivity contribution is -0.135. The van der Waals surface area contributed by atoms with Gasteiger partial charge in [0.1, 0.15) is 5.54 Å². The van der Waals surface area contributed by atoms with Crippen LogP contribution in [0.4, 0.5) is 0 Å². The molecule has 7 nitrogen and oxygen atoms in total. The molecule has 2 N–H and O–H groups in total. The second-order valence-electron chi connectivity index (χ2n) is 6.76. The highest BCUT2D eigenvalue weighted by molar-refractivity contribution is 7.88. The molecule has 1 saturated carbocycles. The fraction of sp³-hybridized carbons (Fsp3) is 0.867. The van der Waals surface area contributed by atoms with E-state index in [-0.39, 0.29) is 17.9 Å². The summed E-state index contributed by atoms with van der Waals surface area (Å²) in [5.41, 5.74) is -0.836. The molecule has 8 heteroatoms. The normalized spacial score (nSPS) is 25.6. The van der Waals surface area contributed by atoms with E-state index in [4.69, 9.17) is 0 Å². The van der Waals surface area contributed by atoms with E-state index in [1.54, 1.807) is 0 Å². The molecule has 1 aliphatic heterocycles. The summed E-state index contributed by atoms with van der Waals surface area (Å²) in [6.07, 6.45) is 6.85. The molecule has 1 heterocycles. The second-order valence-corrected chi connectivity index (χ2v) is 8.74. The Bertz CT molecular complexity index is 555. The largest absolute Gasteiger partial charge is 0.350 e. The van der Waals surface area contributed by atoms with Gasteiger partial charge < -0.3 is 10.6 Å². The van der Waals surface area contributed by atoms with Crippen LogP contribution in [-0.4, -0.2) is 55.5 Å². The molecular formula is C15H27N3O4S. The minimum Gasteiger partial charge on any atom is -0.350 e. The van der Waals surface area contributed by atoms with E-state index in [1.807, 2.05) is 0 Å². The third-order valence-corrected chi connectivity index (χ3v) is 6.02. The van der Waals surface area contributed by atoms with Gasteiger partial charge in [0.25, 0.3) is 0 Å². The number of carbonyl (C=O) groups is 2. The van der Waals surface area contributed by atoms with Crippen molar-refractivity contribution in [1.82, 2.24) is 14.9 Å². The van der Waals surface area contributed by atoms with E-state index in [0.29, 0.717) is 25.9 Å². The summed E-state index contributed by atoms with van der Waals surface area (Å²) in [7, 11) is -3.24. The lowest BCUT2D eigenvalue weighted by Crippen LogP contribution is -2.62. The Labute approximate surface area is 138 Å². The Morgan fingerprint density at radius 3 is 2.35 bits per heavy atom. The molecule has 1 unspecified atom stereocenters. The zero-order valence-electron chi connectivity index (χ0n) is 13.9. The summed E-state index contributed by atoms with van der Waals surface area (Å²) in [6, 6.07) is -0.196. The molecule has 2 amide bonds. The Balaban J connectivity index is 2.04. The summed E-state index contributed by atoms with van der Waals surface area (Å²) in [4.78, 5) is 24.3.